The minimum absolute atomic E-state index is 0.0373. The van der Waals surface area contributed by atoms with Gasteiger partial charge in [0.25, 0.3) is 11.8 Å². The number of nitrogens with one attached hydrogen (secondary N) is 1. The predicted octanol–water partition coefficient (Wildman–Crippen LogP) is 2.65. The Balaban J connectivity index is 1.81. The summed E-state index contributed by atoms with van der Waals surface area (Å²) in [4.78, 5) is 24.5. The molecule has 0 radical (unpaired) electrons. The fourth-order valence-corrected chi connectivity index (χ4v) is 3.01. The lowest BCUT2D eigenvalue weighted by Crippen LogP contribution is -2.39. The second-order valence-corrected chi connectivity index (χ2v) is 7.19. The summed E-state index contributed by atoms with van der Waals surface area (Å²) in [7, 11) is 0. The summed E-state index contributed by atoms with van der Waals surface area (Å²) in [6, 6.07) is 5.19. The quantitative estimate of drug-likeness (QED) is 0.791. The first-order valence-corrected chi connectivity index (χ1v) is 8.38. The monoisotopic (exact) mass is 342 g/mol. The van der Waals surface area contributed by atoms with Crippen LogP contribution in [0.4, 0.5) is 0 Å². The fourth-order valence-electron chi connectivity index (χ4n) is 3.01. The zero-order chi connectivity index (χ0) is 18.0. The Morgan fingerprint density at radius 1 is 1.20 bits per heavy atom. The number of pyridine rings is 1. The van der Waals surface area contributed by atoms with Crippen LogP contribution < -0.4 is 5.32 Å². The molecule has 0 saturated heterocycles. The molecule has 0 aromatic carbocycles. The molecule has 2 aromatic heterocycles. The van der Waals surface area contributed by atoms with Crippen molar-refractivity contribution in [2.75, 3.05) is 0 Å². The van der Waals surface area contributed by atoms with Gasteiger partial charge in [-0.2, -0.15) is 4.98 Å². The van der Waals surface area contributed by atoms with Crippen LogP contribution in [0.3, 0.4) is 0 Å². The van der Waals surface area contributed by atoms with Gasteiger partial charge in [-0.1, -0.05) is 19.9 Å². The van der Waals surface area contributed by atoms with E-state index in [1.807, 2.05) is 0 Å². The van der Waals surface area contributed by atoms with E-state index in [9.17, 15) is 15.0 Å². The van der Waals surface area contributed by atoms with E-state index >= 15 is 0 Å². The molecule has 0 bridgehead atoms. The maximum Gasteiger partial charge on any atom is 0.274 e. The maximum atomic E-state index is 12.5. The number of aromatic nitrogens is 3. The molecule has 25 heavy (non-hydrogen) atoms. The van der Waals surface area contributed by atoms with Crippen LogP contribution in [0.25, 0.3) is 11.5 Å². The Labute approximate surface area is 146 Å². The molecular formula is C18H22N4O3. The van der Waals surface area contributed by atoms with Crippen molar-refractivity contribution in [2.45, 2.75) is 45.6 Å². The van der Waals surface area contributed by atoms with E-state index in [4.69, 9.17) is 0 Å². The van der Waals surface area contributed by atoms with E-state index in [2.05, 4.69) is 34.1 Å². The molecule has 0 unspecified atom stereocenters. The largest absolute Gasteiger partial charge is 0.501 e. The summed E-state index contributed by atoms with van der Waals surface area (Å²) >= 11 is 0. The zero-order valence-corrected chi connectivity index (χ0v) is 14.4. The van der Waals surface area contributed by atoms with E-state index in [-0.39, 0.29) is 17.6 Å². The first-order valence-electron chi connectivity index (χ1n) is 8.38. The van der Waals surface area contributed by atoms with Crippen LogP contribution in [-0.2, 0) is 0 Å². The molecule has 132 valence electrons. The van der Waals surface area contributed by atoms with Crippen molar-refractivity contribution in [3.63, 3.8) is 0 Å². The number of hydrogen-bond acceptors (Lipinski definition) is 6. The lowest BCUT2D eigenvalue weighted by molar-refractivity contribution is 0.0900. The molecule has 1 fully saturated rings. The fraction of sp³-hybridized carbons (Fsp3) is 0.444. The van der Waals surface area contributed by atoms with Crippen molar-refractivity contribution in [1.29, 1.82) is 0 Å². The van der Waals surface area contributed by atoms with Gasteiger partial charge in [-0.3, -0.25) is 9.78 Å². The predicted molar refractivity (Wildman–Crippen MR) is 92.1 cm³/mol. The van der Waals surface area contributed by atoms with E-state index in [1.165, 1.54) is 0 Å². The lowest BCUT2D eigenvalue weighted by Gasteiger charge is -2.34. The van der Waals surface area contributed by atoms with Gasteiger partial charge < -0.3 is 15.5 Å². The SMILES string of the molecule is CC1(C)CCC(NC(=O)c2nc(-c3ccccn3)nc(O)c2O)CC1. The molecule has 3 rings (SSSR count). The van der Waals surface area contributed by atoms with E-state index in [0.29, 0.717) is 11.1 Å². The summed E-state index contributed by atoms with van der Waals surface area (Å²) in [5, 5.41) is 22.8. The van der Waals surface area contributed by atoms with Gasteiger partial charge >= 0.3 is 0 Å². The smallest absolute Gasteiger partial charge is 0.274 e. The zero-order valence-electron chi connectivity index (χ0n) is 14.4. The molecule has 0 spiro atoms. The van der Waals surface area contributed by atoms with Gasteiger partial charge in [0.2, 0.25) is 5.75 Å². The number of carbonyl (C=O) groups excluding carboxylic acids is 1. The third kappa shape index (κ3) is 3.87. The summed E-state index contributed by atoms with van der Waals surface area (Å²) in [5.41, 5.74) is 0.465. The summed E-state index contributed by atoms with van der Waals surface area (Å²) in [6.07, 6.45) is 5.37. The van der Waals surface area contributed by atoms with Crippen LogP contribution in [0.5, 0.6) is 11.6 Å². The molecule has 2 aromatic rings. The second-order valence-electron chi connectivity index (χ2n) is 7.19. The number of amides is 1. The highest BCUT2D eigenvalue weighted by atomic mass is 16.3. The molecule has 0 atom stereocenters. The molecule has 0 aliphatic heterocycles. The molecule has 1 saturated carbocycles. The minimum Gasteiger partial charge on any atom is -0.501 e. The topological polar surface area (TPSA) is 108 Å². The van der Waals surface area contributed by atoms with Gasteiger partial charge in [0, 0.05) is 12.2 Å². The Hall–Kier alpha value is -2.70. The number of nitrogens with zero attached hydrogens (tertiary/aromatic N) is 3. The van der Waals surface area contributed by atoms with Gasteiger partial charge in [0.05, 0.1) is 0 Å². The van der Waals surface area contributed by atoms with Crippen molar-refractivity contribution < 1.29 is 15.0 Å². The van der Waals surface area contributed by atoms with Crippen molar-refractivity contribution in [3.8, 4) is 23.1 Å². The van der Waals surface area contributed by atoms with E-state index in [1.54, 1.807) is 24.4 Å². The third-order valence-electron chi connectivity index (χ3n) is 4.65. The lowest BCUT2D eigenvalue weighted by atomic mass is 9.75. The van der Waals surface area contributed by atoms with Crippen LogP contribution in [0, 0.1) is 5.41 Å². The van der Waals surface area contributed by atoms with Gasteiger partial charge in [-0.15, -0.1) is 0 Å². The van der Waals surface area contributed by atoms with Crippen LogP contribution >= 0.6 is 0 Å². The molecule has 1 aliphatic carbocycles. The van der Waals surface area contributed by atoms with Crippen LogP contribution in [0.1, 0.15) is 50.0 Å². The number of hydrogen-bond donors (Lipinski definition) is 3. The Morgan fingerprint density at radius 3 is 2.56 bits per heavy atom. The van der Waals surface area contributed by atoms with E-state index < -0.39 is 17.5 Å². The van der Waals surface area contributed by atoms with Gasteiger partial charge in [0.1, 0.15) is 5.69 Å². The van der Waals surface area contributed by atoms with Crippen molar-refractivity contribution in [1.82, 2.24) is 20.3 Å². The van der Waals surface area contributed by atoms with Gasteiger partial charge in [-0.05, 0) is 43.2 Å². The van der Waals surface area contributed by atoms with E-state index in [0.717, 1.165) is 25.7 Å². The van der Waals surface area contributed by atoms with Crippen LogP contribution in [-0.4, -0.2) is 37.1 Å². The highest BCUT2D eigenvalue weighted by molar-refractivity contribution is 5.96. The average Bonchev–Trinajstić information content (AvgIpc) is 2.59. The first kappa shape index (κ1) is 17.1. The highest BCUT2D eigenvalue weighted by Crippen LogP contribution is 2.35. The summed E-state index contributed by atoms with van der Waals surface area (Å²) in [5.74, 6) is -1.68. The highest BCUT2D eigenvalue weighted by Gasteiger charge is 2.29. The average molecular weight is 342 g/mol. The molecule has 7 nitrogen and oxygen atoms in total. The second kappa shape index (κ2) is 6.66. The van der Waals surface area contributed by atoms with Crippen LogP contribution in [0.2, 0.25) is 0 Å². The first-order chi connectivity index (χ1) is 11.9. The summed E-state index contributed by atoms with van der Waals surface area (Å²) < 4.78 is 0. The molecule has 1 aliphatic rings. The standard InChI is InChI=1S/C18H22N4O3/c1-18(2)8-6-11(7-9-18)20-16(24)13-14(23)17(25)22-15(21-13)12-5-3-4-10-19-12/h3-5,10-11,23H,6-9H2,1-2H3,(H,20,24)(H,21,22,25). The normalized spacial score (nSPS) is 17.2. The summed E-state index contributed by atoms with van der Waals surface area (Å²) in [6.45, 7) is 4.44. The molecule has 2 heterocycles. The molecular weight excluding hydrogens is 320 g/mol. The molecule has 7 heteroatoms. The van der Waals surface area contributed by atoms with Crippen molar-refractivity contribution >= 4 is 5.91 Å². The van der Waals surface area contributed by atoms with Gasteiger partial charge in [-0.25, -0.2) is 4.98 Å². The Kier molecular flexibility index (Phi) is 4.57. The number of carbonyl (C=O) groups is 1. The van der Waals surface area contributed by atoms with Crippen molar-refractivity contribution in [2.24, 2.45) is 5.41 Å². The van der Waals surface area contributed by atoms with Crippen LogP contribution in [0.15, 0.2) is 24.4 Å². The Bertz CT molecular complexity index is 767. The number of aromatic hydroxyl groups is 2. The number of rotatable bonds is 3. The van der Waals surface area contributed by atoms with Gasteiger partial charge in [0.15, 0.2) is 11.5 Å². The van der Waals surface area contributed by atoms with Crippen molar-refractivity contribution in [3.05, 3.63) is 30.1 Å². The Morgan fingerprint density at radius 2 is 1.92 bits per heavy atom. The molecule has 1 amide bonds. The molecule has 3 N–H and O–H groups in total. The third-order valence-corrected chi connectivity index (χ3v) is 4.65. The maximum absolute atomic E-state index is 12.5. The minimum atomic E-state index is -0.634.